The first-order chi connectivity index (χ1) is 14.5. The van der Waals surface area contributed by atoms with Crippen LogP contribution in [-0.2, 0) is 9.59 Å². The summed E-state index contributed by atoms with van der Waals surface area (Å²) >= 11 is 0. The van der Waals surface area contributed by atoms with Crippen LogP contribution >= 0.6 is 0 Å². The number of hydrogen-bond donors (Lipinski definition) is 3. The molecule has 3 rings (SSSR count). The molecular formula is C17H19N3O4. The Morgan fingerprint density at radius 3 is 2.33 bits per heavy atom. The van der Waals surface area contributed by atoms with E-state index in [0.717, 1.165) is 5.39 Å². The van der Waals surface area contributed by atoms with Gasteiger partial charge in [-0.05, 0) is 18.2 Å². The minimum atomic E-state index is -2.88. The van der Waals surface area contributed by atoms with Gasteiger partial charge in [0.1, 0.15) is 5.82 Å². The maximum atomic E-state index is 9.55. The molecule has 1 aliphatic heterocycles. The lowest BCUT2D eigenvalue weighted by atomic mass is 10.2. The number of benzene rings is 1. The third-order valence-corrected chi connectivity index (χ3v) is 2.64. The molecule has 0 spiro atoms. The Bertz CT molecular complexity index is 1020. The summed E-state index contributed by atoms with van der Waals surface area (Å²) in [6.45, 7) is -11.4. The van der Waals surface area contributed by atoms with Gasteiger partial charge in [-0.25, -0.2) is 14.6 Å². The number of piperazine rings is 1. The first-order valence-corrected chi connectivity index (χ1v) is 6.62. The van der Waals surface area contributed by atoms with Crippen LogP contribution in [0.25, 0.3) is 10.9 Å². The van der Waals surface area contributed by atoms with Crippen LogP contribution in [-0.4, -0.2) is 53.1 Å². The van der Waals surface area contributed by atoms with Crippen LogP contribution in [0.3, 0.4) is 0 Å². The van der Waals surface area contributed by atoms with E-state index in [2.05, 4.69) is 4.98 Å². The van der Waals surface area contributed by atoms with Gasteiger partial charge in [0.25, 0.3) is 0 Å². The normalized spacial score (nSPS) is 27.6. The molecule has 24 heavy (non-hydrogen) atoms. The second kappa shape index (κ2) is 8.64. The van der Waals surface area contributed by atoms with Crippen molar-refractivity contribution in [3.05, 3.63) is 48.6 Å². The van der Waals surface area contributed by atoms with E-state index in [-0.39, 0.29) is 5.82 Å². The Balaban J connectivity index is 0.000000390. The van der Waals surface area contributed by atoms with Gasteiger partial charge in [-0.2, -0.15) is 0 Å². The number of aliphatic carboxylic acids is 2. The van der Waals surface area contributed by atoms with E-state index < -0.39 is 37.9 Å². The number of fused-ring (bicyclic) bond motifs is 1. The van der Waals surface area contributed by atoms with E-state index in [1.165, 1.54) is 6.07 Å². The van der Waals surface area contributed by atoms with E-state index in [1.807, 2.05) is 0 Å². The van der Waals surface area contributed by atoms with Crippen LogP contribution in [0.5, 0.6) is 0 Å². The first kappa shape index (κ1) is 9.39. The number of aromatic nitrogens is 1. The van der Waals surface area contributed by atoms with Gasteiger partial charge in [-0.1, -0.05) is 18.2 Å². The fraction of sp³-hybridized carbons (Fsp3) is 0.235. The smallest absolute Gasteiger partial charge is 0.328 e. The van der Waals surface area contributed by atoms with Crippen molar-refractivity contribution in [3.63, 3.8) is 0 Å². The molecule has 0 amide bonds. The highest BCUT2D eigenvalue weighted by molar-refractivity contribution is 5.89. The third kappa shape index (κ3) is 5.36. The van der Waals surface area contributed by atoms with E-state index in [4.69, 9.17) is 21.2 Å². The molecule has 1 aromatic carbocycles. The van der Waals surface area contributed by atoms with E-state index in [1.54, 1.807) is 35.6 Å². The molecule has 7 nitrogen and oxygen atoms in total. The average molecular weight is 337 g/mol. The van der Waals surface area contributed by atoms with Crippen molar-refractivity contribution in [3.8, 4) is 0 Å². The molecule has 0 radical (unpaired) electrons. The average Bonchev–Trinajstić information content (AvgIpc) is 2.64. The summed E-state index contributed by atoms with van der Waals surface area (Å²) in [5, 5.41) is 18.2. The van der Waals surface area contributed by atoms with Gasteiger partial charge in [0, 0.05) is 49.0 Å². The number of anilines is 1. The zero-order valence-corrected chi connectivity index (χ0v) is 12.2. The first-order valence-electron chi connectivity index (χ1n) is 10.6. The molecule has 126 valence electrons. The molecule has 0 atom stereocenters. The van der Waals surface area contributed by atoms with E-state index in [9.17, 15) is 9.59 Å². The summed E-state index contributed by atoms with van der Waals surface area (Å²) in [7, 11) is 0. The lowest BCUT2D eigenvalue weighted by molar-refractivity contribution is -0.134. The summed E-state index contributed by atoms with van der Waals surface area (Å²) in [6.07, 6.45) is 1.12. The van der Waals surface area contributed by atoms with Crippen LogP contribution in [0.1, 0.15) is 11.0 Å². The summed E-state index contributed by atoms with van der Waals surface area (Å²) in [4.78, 5) is 23.7. The molecule has 1 aromatic heterocycles. The van der Waals surface area contributed by atoms with Crippen molar-refractivity contribution in [2.24, 2.45) is 0 Å². The van der Waals surface area contributed by atoms with Gasteiger partial charge in [-0.3, -0.25) is 0 Å². The zero-order chi connectivity index (χ0) is 24.5. The molecule has 1 aliphatic rings. The Morgan fingerprint density at radius 2 is 1.71 bits per heavy atom. The summed E-state index contributed by atoms with van der Waals surface area (Å²) in [5.74, 6) is -2.70. The SMILES string of the molecule is O=C(O)/C=C\C(=O)O.[2H]C1([2H])NC([2H])([2H])C([2H])([2H])N(c2ccc3ccccc3n2)C1([2H])[2H]. The van der Waals surface area contributed by atoms with Gasteiger partial charge in [0.15, 0.2) is 0 Å². The Kier molecular flexibility index (Phi) is 3.38. The summed E-state index contributed by atoms with van der Waals surface area (Å²) in [6, 6.07) is 9.93. The number of carboxylic acids is 2. The maximum Gasteiger partial charge on any atom is 0.328 e. The second-order valence-corrected chi connectivity index (χ2v) is 4.31. The molecule has 0 saturated carbocycles. The molecular weight excluding hydrogens is 310 g/mol. The highest BCUT2D eigenvalue weighted by atomic mass is 16.4. The molecule has 1 saturated heterocycles. The number of nitrogens with one attached hydrogen (secondary N) is 1. The number of rotatable bonds is 3. The topological polar surface area (TPSA) is 103 Å². The second-order valence-electron chi connectivity index (χ2n) is 4.31. The molecule has 1 fully saturated rings. The van der Waals surface area contributed by atoms with Crippen molar-refractivity contribution in [1.82, 2.24) is 10.3 Å². The van der Waals surface area contributed by atoms with Crippen molar-refractivity contribution in [1.29, 1.82) is 0 Å². The monoisotopic (exact) mass is 337 g/mol. The number of carboxylic acid groups (broad SMARTS) is 2. The highest BCUT2D eigenvalue weighted by Crippen LogP contribution is 2.17. The molecule has 0 bridgehead atoms. The number of nitrogens with zero attached hydrogens (tertiary/aromatic N) is 2. The van der Waals surface area contributed by atoms with Crippen molar-refractivity contribution in [2.45, 2.75) is 0 Å². The van der Waals surface area contributed by atoms with Crippen LogP contribution in [0.15, 0.2) is 48.6 Å². The van der Waals surface area contributed by atoms with Crippen LogP contribution in [0.2, 0.25) is 0 Å². The lowest BCUT2D eigenvalue weighted by Gasteiger charge is -2.28. The van der Waals surface area contributed by atoms with E-state index >= 15 is 0 Å². The van der Waals surface area contributed by atoms with Crippen molar-refractivity contribution < 1.29 is 30.8 Å². The highest BCUT2D eigenvalue weighted by Gasteiger charge is 2.11. The Labute approximate surface area is 150 Å². The fourth-order valence-electron chi connectivity index (χ4n) is 1.66. The number of pyridine rings is 1. The van der Waals surface area contributed by atoms with Crippen LogP contribution < -0.4 is 10.2 Å². The molecule has 2 aromatic rings. The largest absolute Gasteiger partial charge is 0.478 e. The molecule has 3 N–H and O–H groups in total. The number of carbonyl (C=O) groups is 2. The summed E-state index contributed by atoms with van der Waals surface area (Å²) < 4.78 is 63.5. The number of para-hydroxylation sites is 1. The lowest BCUT2D eigenvalue weighted by Crippen LogP contribution is -2.43. The molecule has 0 aliphatic carbocycles. The summed E-state index contributed by atoms with van der Waals surface area (Å²) in [5.41, 5.74) is 0.473. The van der Waals surface area contributed by atoms with Gasteiger partial charge in [0.05, 0.1) is 11.0 Å². The van der Waals surface area contributed by atoms with Crippen LogP contribution in [0.4, 0.5) is 5.82 Å². The minimum absolute atomic E-state index is 0.182. The molecule has 7 heteroatoms. The fourth-order valence-corrected chi connectivity index (χ4v) is 1.66. The Morgan fingerprint density at radius 1 is 1.08 bits per heavy atom. The quantitative estimate of drug-likeness (QED) is 0.727. The third-order valence-electron chi connectivity index (χ3n) is 2.64. The molecule has 2 heterocycles. The minimum Gasteiger partial charge on any atom is -0.478 e. The number of hydrogen-bond acceptors (Lipinski definition) is 5. The standard InChI is InChI=1S/C13H15N3.C4H4O4/c1-2-4-12-11(3-1)5-6-13(15-12)16-9-7-14-8-10-16;5-3(6)1-2-4(7)8/h1-6,14H,7-10H2;1-2H,(H,5,6)(H,7,8)/b;2-1-/i7D2,8D2,9D2,10D2;. The molecule has 0 unspecified atom stereocenters. The zero-order valence-electron chi connectivity index (χ0n) is 20.2. The van der Waals surface area contributed by atoms with Gasteiger partial charge in [-0.15, -0.1) is 0 Å². The predicted molar refractivity (Wildman–Crippen MR) is 91.2 cm³/mol. The van der Waals surface area contributed by atoms with Crippen molar-refractivity contribution in [2.75, 3.05) is 30.9 Å². The Hall–Kier alpha value is -2.93. The maximum absolute atomic E-state index is 9.55. The van der Waals surface area contributed by atoms with E-state index in [0.29, 0.717) is 22.6 Å². The van der Waals surface area contributed by atoms with Gasteiger partial charge >= 0.3 is 11.9 Å². The van der Waals surface area contributed by atoms with Gasteiger partial charge < -0.3 is 20.4 Å². The van der Waals surface area contributed by atoms with Crippen molar-refractivity contribution >= 4 is 28.7 Å². The van der Waals surface area contributed by atoms with Gasteiger partial charge in [0.2, 0.25) is 0 Å². The predicted octanol–water partition coefficient (Wildman–Crippen LogP) is 1.36. The van der Waals surface area contributed by atoms with Crippen LogP contribution in [0, 0.1) is 0 Å².